The lowest BCUT2D eigenvalue weighted by molar-refractivity contribution is -0.145. The molecule has 0 aliphatic rings. The third-order valence-corrected chi connectivity index (χ3v) is 19.4. The average Bonchev–Trinajstić information content (AvgIpc) is 0.836. The molecule has 0 saturated heterocycles. The largest absolute Gasteiger partial charge is 0.508 e. The van der Waals surface area contributed by atoms with Crippen LogP contribution in [-0.4, -0.2) is 246 Å². The Balaban J connectivity index is 1.82. The Bertz CT molecular complexity index is 4020. The van der Waals surface area contributed by atoms with Crippen molar-refractivity contribution in [3.8, 4) is 11.5 Å². The molecule has 670 valence electrons. The van der Waals surface area contributed by atoms with Gasteiger partial charge in [0.1, 0.15) is 90.0 Å². The third-order valence-electron chi connectivity index (χ3n) is 19.4. The number of hydrogen-bond acceptors (Lipinski definition) is 23. The van der Waals surface area contributed by atoms with Crippen molar-refractivity contribution in [2.24, 2.45) is 41.1 Å². The van der Waals surface area contributed by atoms with Gasteiger partial charge >= 0.3 is 17.9 Å². The molecule has 0 fully saturated rings. The third kappa shape index (κ3) is 35.9. The molecule has 0 saturated carbocycles. The highest BCUT2D eigenvalue weighted by molar-refractivity contribution is 6.01. The zero-order valence-corrected chi connectivity index (χ0v) is 70.3. The number of phenols is 2. The Morgan fingerprint density at radius 2 is 0.694 bits per heavy atom. The van der Waals surface area contributed by atoms with E-state index in [4.69, 9.17) is 11.5 Å². The number of aromatic hydroxyl groups is 2. The molecular formula is C81H122N16O24. The van der Waals surface area contributed by atoms with E-state index >= 15 is 0 Å². The fraction of sp³-hybridized carbons (Fsp3) is 0.568. The van der Waals surface area contributed by atoms with Gasteiger partial charge in [-0.1, -0.05) is 130 Å². The second-order valence-corrected chi connectivity index (χ2v) is 31.4. The number of carbonyl (C=O) groups excluding carboxylic acids is 14. The number of carboxylic acids is 3. The van der Waals surface area contributed by atoms with Crippen molar-refractivity contribution in [2.75, 3.05) is 13.1 Å². The van der Waals surface area contributed by atoms with E-state index in [9.17, 15) is 117 Å². The molecule has 0 aliphatic heterocycles. The lowest BCUT2D eigenvalue weighted by atomic mass is 9.98. The summed E-state index contributed by atoms with van der Waals surface area (Å²) >= 11 is 0. The number of carbonyl (C=O) groups is 17. The molecule has 0 heterocycles. The van der Waals surface area contributed by atoms with E-state index in [0.717, 1.165) is 20.8 Å². The number of unbranched alkanes of at least 4 members (excludes halogenated alkanes) is 1. The topological polar surface area (TPSA) is 652 Å². The Morgan fingerprint density at radius 1 is 0.364 bits per heavy atom. The van der Waals surface area contributed by atoms with E-state index < -0.39 is 247 Å². The number of aliphatic hydroxyl groups excluding tert-OH is 2. The Morgan fingerprint density at radius 3 is 1.09 bits per heavy atom. The van der Waals surface area contributed by atoms with Crippen LogP contribution >= 0.6 is 0 Å². The van der Waals surface area contributed by atoms with E-state index in [1.807, 2.05) is 13.8 Å². The lowest BCUT2D eigenvalue weighted by Crippen LogP contribution is -2.62. The monoisotopic (exact) mass is 1700 g/mol. The van der Waals surface area contributed by atoms with Crippen molar-refractivity contribution in [3.05, 3.63) is 95.6 Å². The quantitative estimate of drug-likeness (QED) is 0.0249. The van der Waals surface area contributed by atoms with Gasteiger partial charge in [0.05, 0.1) is 37.6 Å². The SMILES string of the molecule is CC[C@H](C)[C@H](NC(=O)[C@@H](NC(=O)[C@H](CC(=O)O)NC(=O)[C@H](Cc1ccc(O)cc1)NC(=O)[C@H](C)NC(=O)CNC(=O)[C@@H](NC(=O)[C@@H](NC(=O)[C@H](CC(=O)O)NC(=O)[C@@H](NC(=O)[C@H](CCCCN)NC(=O)[C@@H](NC(=O)[C@H](Cc1ccccc1)NC(=O)[C@H](Cc1ccc(O)cc1)NC(=O)[C@@H](N)CC(C)C)C(C)C)C(C)C)C(C)C)[C@@H](C)O)[C@@H](C)O)C(=O)O. The second kappa shape index (κ2) is 50.9. The van der Waals surface area contributed by atoms with Crippen molar-refractivity contribution < 1.29 is 117 Å². The van der Waals surface area contributed by atoms with E-state index in [0.29, 0.717) is 24.0 Å². The van der Waals surface area contributed by atoms with Gasteiger partial charge in [-0.05, 0) is 124 Å². The number of benzene rings is 3. The summed E-state index contributed by atoms with van der Waals surface area (Å²) in [6.07, 6.45) is -5.19. The van der Waals surface area contributed by atoms with Crippen LogP contribution in [0.1, 0.15) is 152 Å². The number of hydrogen-bond donors (Lipinski definition) is 23. The summed E-state index contributed by atoms with van der Waals surface area (Å²) in [6, 6.07) is -2.59. The number of carboxylic acid groups (broad SMARTS) is 3. The fourth-order valence-electron chi connectivity index (χ4n) is 12.2. The number of nitrogens with two attached hydrogens (primary N) is 2. The van der Waals surface area contributed by atoms with Crippen LogP contribution in [0.2, 0.25) is 0 Å². The number of aliphatic hydroxyl groups is 2. The highest BCUT2D eigenvalue weighted by Crippen LogP contribution is 2.18. The summed E-state index contributed by atoms with van der Waals surface area (Å²) in [5, 5.41) is 105. The van der Waals surface area contributed by atoms with Crippen LogP contribution in [-0.2, 0) is 101 Å². The lowest BCUT2D eigenvalue weighted by Gasteiger charge is -2.30. The van der Waals surface area contributed by atoms with Gasteiger partial charge in [0.25, 0.3) is 0 Å². The van der Waals surface area contributed by atoms with E-state index in [-0.39, 0.29) is 61.6 Å². The summed E-state index contributed by atoms with van der Waals surface area (Å²) < 4.78 is 0. The molecule has 0 aromatic heterocycles. The van der Waals surface area contributed by atoms with Gasteiger partial charge in [-0.15, -0.1) is 0 Å². The summed E-state index contributed by atoms with van der Waals surface area (Å²) in [6.45, 7) is 18.5. The van der Waals surface area contributed by atoms with Crippen LogP contribution in [0.5, 0.6) is 11.5 Å². The van der Waals surface area contributed by atoms with Gasteiger partial charge in [-0.25, -0.2) is 4.79 Å². The van der Waals surface area contributed by atoms with Gasteiger partial charge in [-0.3, -0.25) is 76.7 Å². The minimum absolute atomic E-state index is 0.0208. The molecule has 0 spiro atoms. The smallest absolute Gasteiger partial charge is 0.326 e. The van der Waals surface area contributed by atoms with E-state index in [1.165, 1.54) is 71.0 Å². The first-order valence-electron chi connectivity index (χ1n) is 40.0. The van der Waals surface area contributed by atoms with Crippen LogP contribution in [0, 0.1) is 29.6 Å². The molecule has 0 radical (unpaired) electrons. The predicted octanol–water partition coefficient (Wildman–Crippen LogP) is -3.12. The second-order valence-electron chi connectivity index (χ2n) is 31.4. The van der Waals surface area contributed by atoms with Crippen molar-refractivity contribution in [3.63, 3.8) is 0 Å². The molecule has 40 nitrogen and oxygen atoms in total. The Labute approximate surface area is 701 Å². The fourth-order valence-corrected chi connectivity index (χ4v) is 12.2. The van der Waals surface area contributed by atoms with Gasteiger partial charge in [0, 0.05) is 19.3 Å². The molecule has 3 aromatic carbocycles. The normalized spacial score (nSPS) is 15.5. The van der Waals surface area contributed by atoms with Gasteiger partial charge in [0.15, 0.2) is 0 Å². The van der Waals surface area contributed by atoms with Crippen molar-refractivity contribution >= 4 is 101 Å². The number of phenolic OH excluding ortho intramolecular Hbond substituents is 2. The van der Waals surface area contributed by atoms with Crippen molar-refractivity contribution in [1.82, 2.24) is 74.4 Å². The van der Waals surface area contributed by atoms with Crippen LogP contribution in [0.4, 0.5) is 0 Å². The van der Waals surface area contributed by atoms with E-state index in [2.05, 4.69) is 74.4 Å². The van der Waals surface area contributed by atoms with Gasteiger partial charge in [-0.2, -0.15) is 0 Å². The molecular weight excluding hydrogens is 1580 g/mol. The van der Waals surface area contributed by atoms with Crippen LogP contribution in [0.15, 0.2) is 78.9 Å². The van der Waals surface area contributed by atoms with Crippen molar-refractivity contribution in [1.29, 1.82) is 0 Å². The summed E-state index contributed by atoms with van der Waals surface area (Å²) in [7, 11) is 0. The molecule has 0 unspecified atom stereocenters. The van der Waals surface area contributed by atoms with Crippen molar-refractivity contribution in [2.45, 2.75) is 251 Å². The minimum Gasteiger partial charge on any atom is -0.508 e. The number of aliphatic carboxylic acids is 3. The average molecular weight is 1700 g/mol. The molecule has 3 rings (SSSR count). The molecule has 14 amide bonds. The maximum atomic E-state index is 14.6. The highest BCUT2D eigenvalue weighted by atomic mass is 16.4. The number of amides is 14. The zero-order valence-electron chi connectivity index (χ0n) is 70.3. The molecule has 121 heavy (non-hydrogen) atoms. The maximum absolute atomic E-state index is 14.6. The molecule has 17 atom stereocenters. The first-order chi connectivity index (χ1) is 56.7. The number of rotatable bonds is 52. The standard InChI is InChI=1S/C81H122N16O24/c1-14-43(10)65(81(120)121)95-80(119)67(46(13)99)96-75(114)57(36-60(103)104)90-71(110)54(34-48-23-27-50(100)28-24-48)87-68(107)44(11)85-59(102)38-84-76(115)66(45(12)98)97-79(118)64(42(8)9)94-74(113)58(37-61(105)106)91-78(117)63(41(6)7)92-70(109)53(22-18-19-31-82)86-77(116)62(40(4)5)93-73(112)56(33-47-20-16-15-17-21-47)89-72(111)55(35-49-25-29-51(101)30-26-49)88-69(108)52(83)32-39(2)3/h15-17,20-21,23-30,39-46,52-58,62-67,98-101H,14,18-19,22,31-38,82-83H2,1-13H3,(H,84,115)(H,85,102)(H,86,116)(H,87,107)(H,88,108)(H,89,111)(H,90,110)(H,91,117)(H,92,109)(H,93,112)(H,94,113)(H,95,119)(H,96,114)(H,97,118)(H,103,104)(H,105,106)(H,120,121)/t43-,44-,45+,46+,52-,53-,54-,55-,56-,57-,58-,62-,63-,64-,65-,66-,67-/m0/s1. The summed E-state index contributed by atoms with van der Waals surface area (Å²) in [4.78, 5) is 232. The highest BCUT2D eigenvalue weighted by Gasteiger charge is 2.41. The van der Waals surface area contributed by atoms with E-state index in [1.54, 1.807) is 63.2 Å². The maximum Gasteiger partial charge on any atom is 0.326 e. The van der Waals surface area contributed by atoms with Crippen LogP contribution < -0.4 is 85.9 Å². The summed E-state index contributed by atoms with van der Waals surface area (Å²) in [5.74, 6) is -22.6. The summed E-state index contributed by atoms with van der Waals surface area (Å²) in [5.41, 5.74) is 13.5. The number of nitrogens with one attached hydrogen (secondary N) is 14. The van der Waals surface area contributed by atoms with Crippen LogP contribution in [0.3, 0.4) is 0 Å². The molecule has 0 aliphatic carbocycles. The predicted molar refractivity (Wildman–Crippen MR) is 437 cm³/mol. The first-order valence-corrected chi connectivity index (χ1v) is 40.0. The minimum atomic E-state index is -2.02. The Hall–Kier alpha value is -11.9. The van der Waals surface area contributed by atoms with Crippen LogP contribution in [0.25, 0.3) is 0 Å². The molecule has 40 heteroatoms. The van der Waals surface area contributed by atoms with Gasteiger partial charge < -0.3 is 122 Å². The molecule has 25 N–H and O–H groups in total. The van der Waals surface area contributed by atoms with Gasteiger partial charge in [0.2, 0.25) is 82.7 Å². The Kier molecular flexibility index (Phi) is 43.4. The zero-order chi connectivity index (χ0) is 91.4. The first kappa shape index (κ1) is 103. The molecule has 0 bridgehead atoms. The molecule has 3 aromatic rings.